The summed E-state index contributed by atoms with van der Waals surface area (Å²) in [6.45, 7) is 10.8. The standard InChI is InChI=1S/C27H36N4O2/c1-19(2)31-24-13-8-7-12-23(24)29-27(31)25-14-9-15-30(25)17-26(32)28-16-21-10-5-6-11-22(21)18-33-20(3)4/h5-8,10-13,19-20,25H,9,14-18H2,1-4H3,(H,28,32)/t25-/m1/s1. The molecule has 3 aromatic rings. The Balaban J connectivity index is 1.43. The number of aromatic nitrogens is 2. The lowest BCUT2D eigenvalue weighted by molar-refractivity contribution is -0.122. The van der Waals surface area contributed by atoms with Gasteiger partial charge in [0, 0.05) is 12.6 Å². The van der Waals surface area contributed by atoms with E-state index in [-0.39, 0.29) is 18.1 Å². The van der Waals surface area contributed by atoms with Gasteiger partial charge in [-0.05, 0) is 70.3 Å². The Kier molecular flexibility index (Phi) is 7.46. The number of likely N-dealkylation sites (tertiary alicyclic amines) is 1. The first-order chi connectivity index (χ1) is 15.9. The highest BCUT2D eigenvalue weighted by Crippen LogP contribution is 2.34. The number of para-hydroxylation sites is 2. The summed E-state index contributed by atoms with van der Waals surface area (Å²) in [5, 5.41) is 3.13. The van der Waals surface area contributed by atoms with Gasteiger partial charge in [0.15, 0.2) is 0 Å². The number of benzene rings is 2. The summed E-state index contributed by atoms with van der Waals surface area (Å²) in [5.41, 5.74) is 4.42. The lowest BCUT2D eigenvalue weighted by Gasteiger charge is -2.25. The van der Waals surface area contributed by atoms with Crippen LogP contribution in [0.5, 0.6) is 0 Å². The Morgan fingerprint density at radius 1 is 1.09 bits per heavy atom. The molecule has 6 nitrogen and oxygen atoms in total. The van der Waals surface area contributed by atoms with Crippen LogP contribution in [-0.2, 0) is 22.7 Å². The predicted molar refractivity (Wildman–Crippen MR) is 132 cm³/mol. The average Bonchev–Trinajstić information content (AvgIpc) is 3.40. The van der Waals surface area contributed by atoms with Crippen LogP contribution < -0.4 is 5.32 Å². The van der Waals surface area contributed by atoms with E-state index in [4.69, 9.17) is 9.72 Å². The normalized spacial score (nSPS) is 16.8. The van der Waals surface area contributed by atoms with Gasteiger partial charge in [-0.2, -0.15) is 0 Å². The number of hydrogen-bond donors (Lipinski definition) is 1. The third-order valence-electron chi connectivity index (χ3n) is 6.31. The molecule has 1 aliphatic rings. The van der Waals surface area contributed by atoms with E-state index in [1.54, 1.807) is 0 Å². The molecule has 1 aromatic heterocycles. The zero-order valence-electron chi connectivity index (χ0n) is 20.3. The Morgan fingerprint density at radius 2 is 1.82 bits per heavy atom. The number of rotatable bonds is 9. The van der Waals surface area contributed by atoms with E-state index < -0.39 is 0 Å². The summed E-state index contributed by atoms with van der Waals surface area (Å²) < 4.78 is 8.11. The van der Waals surface area contributed by atoms with Gasteiger partial charge in [-0.25, -0.2) is 4.98 Å². The fourth-order valence-corrected chi connectivity index (χ4v) is 4.71. The van der Waals surface area contributed by atoms with Crippen LogP contribution in [0.25, 0.3) is 11.0 Å². The molecule has 33 heavy (non-hydrogen) atoms. The van der Waals surface area contributed by atoms with Crippen molar-refractivity contribution in [3.63, 3.8) is 0 Å². The minimum Gasteiger partial charge on any atom is -0.374 e. The number of ether oxygens (including phenoxy) is 1. The summed E-state index contributed by atoms with van der Waals surface area (Å²) >= 11 is 0. The van der Waals surface area contributed by atoms with Crippen LogP contribution in [0.2, 0.25) is 0 Å². The summed E-state index contributed by atoms with van der Waals surface area (Å²) in [7, 11) is 0. The molecule has 0 radical (unpaired) electrons. The molecule has 1 amide bonds. The second-order valence-electron chi connectivity index (χ2n) is 9.46. The summed E-state index contributed by atoms with van der Waals surface area (Å²) in [6, 6.07) is 16.9. The van der Waals surface area contributed by atoms with Crippen LogP contribution in [0, 0.1) is 0 Å². The zero-order chi connectivity index (χ0) is 23.4. The van der Waals surface area contributed by atoms with Crippen LogP contribution in [0.3, 0.4) is 0 Å². The highest BCUT2D eigenvalue weighted by molar-refractivity contribution is 5.78. The fraction of sp³-hybridized carbons (Fsp3) is 0.481. The Morgan fingerprint density at radius 3 is 2.58 bits per heavy atom. The SMILES string of the molecule is CC(C)OCc1ccccc1CNC(=O)CN1CCC[C@@H]1c1nc2ccccc2n1C(C)C. The lowest BCUT2D eigenvalue weighted by Crippen LogP contribution is -2.37. The molecule has 0 aliphatic carbocycles. The number of nitrogens with one attached hydrogen (secondary N) is 1. The van der Waals surface area contributed by atoms with Gasteiger partial charge in [0.2, 0.25) is 5.91 Å². The molecule has 176 valence electrons. The molecule has 0 spiro atoms. The van der Waals surface area contributed by atoms with E-state index in [2.05, 4.69) is 59.0 Å². The van der Waals surface area contributed by atoms with Crippen molar-refractivity contribution in [3.05, 3.63) is 65.5 Å². The van der Waals surface area contributed by atoms with Gasteiger partial charge < -0.3 is 14.6 Å². The quantitative estimate of drug-likeness (QED) is 0.501. The molecule has 2 heterocycles. The smallest absolute Gasteiger partial charge is 0.234 e. The van der Waals surface area contributed by atoms with E-state index in [0.29, 0.717) is 25.7 Å². The Labute approximate surface area is 196 Å². The molecule has 0 bridgehead atoms. The minimum atomic E-state index is 0.0497. The van der Waals surface area contributed by atoms with Crippen molar-refractivity contribution in [3.8, 4) is 0 Å². The van der Waals surface area contributed by atoms with Gasteiger partial charge in [0.05, 0.1) is 36.3 Å². The van der Waals surface area contributed by atoms with E-state index in [0.717, 1.165) is 41.9 Å². The highest BCUT2D eigenvalue weighted by atomic mass is 16.5. The molecular formula is C27H36N4O2. The van der Waals surface area contributed by atoms with E-state index in [1.807, 2.05) is 32.0 Å². The van der Waals surface area contributed by atoms with E-state index >= 15 is 0 Å². The summed E-state index contributed by atoms with van der Waals surface area (Å²) in [6.07, 6.45) is 2.28. The van der Waals surface area contributed by atoms with Gasteiger partial charge in [0.1, 0.15) is 5.82 Å². The largest absolute Gasteiger partial charge is 0.374 e. The molecule has 6 heteroatoms. The number of carbonyl (C=O) groups is 1. The second-order valence-corrected chi connectivity index (χ2v) is 9.46. The Hall–Kier alpha value is -2.70. The molecule has 4 rings (SSSR count). The van der Waals surface area contributed by atoms with Gasteiger partial charge in [0.25, 0.3) is 0 Å². The first kappa shape index (κ1) is 23.5. The van der Waals surface area contributed by atoms with Crippen molar-refractivity contribution < 1.29 is 9.53 Å². The number of imidazole rings is 1. The molecule has 0 saturated carbocycles. The van der Waals surface area contributed by atoms with Crippen LogP contribution in [0.15, 0.2) is 48.5 Å². The van der Waals surface area contributed by atoms with Crippen molar-refractivity contribution >= 4 is 16.9 Å². The van der Waals surface area contributed by atoms with Crippen LogP contribution in [-0.4, -0.2) is 39.6 Å². The third kappa shape index (κ3) is 5.45. The van der Waals surface area contributed by atoms with Gasteiger partial charge in [-0.1, -0.05) is 36.4 Å². The average molecular weight is 449 g/mol. The lowest BCUT2D eigenvalue weighted by atomic mass is 10.1. The van der Waals surface area contributed by atoms with Crippen LogP contribution in [0.1, 0.15) is 69.6 Å². The molecular weight excluding hydrogens is 412 g/mol. The first-order valence-electron chi connectivity index (χ1n) is 12.1. The zero-order valence-corrected chi connectivity index (χ0v) is 20.3. The van der Waals surface area contributed by atoms with Crippen LogP contribution in [0.4, 0.5) is 0 Å². The molecule has 1 saturated heterocycles. The van der Waals surface area contributed by atoms with E-state index in [1.165, 1.54) is 5.52 Å². The summed E-state index contributed by atoms with van der Waals surface area (Å²) in [5.74, 6) is 1.13. The summed E-state index contributed by atoms with van der Waals surface area (Å²) in [4.78, 5) is 20.2. The maximum atomic E-state index is 12.9. The van der Waals surface area contributed by atoms with Crippen molar-refractivity contribution in [1.29, 1.82) is 0 Å². The van der Waals surface area contributed by atoms with Gasteiger partial charge in [-0.3, -0.25) is 9.69 Å². The highest BCUT2D eigenvalue weighted by Gasteiger charge is 2.32. The molecule has 1 aliphatic heterocycles. The maximum Gasteiger partial charge on any atom is 0.234 e. The maximum absolute atomic E-state index is 12.9. The number of hydrogen-bond acceptors (Lipinski definition) is 4. The minimum absolute atomic E-state index is 0.0497. The van der Waals surface area contributed by atoms with E-state index in [9.17, 15) is 4.79 Å². The van der Waals surface area contributed by atoms with Crippen molar-refractivity contribution in [2.24, 2.45) is 0 Å². The first-order valence-corrected chi connectivity index (χ1v) is 12.1. The second kappa shape index (κ2) is 10.5. The van der Waals surface area contributed by atoms with Crippen molar-refractivity contribution in [1.82, 2.24) is 19.8 Å². The molecule has 0 unspecified atom stereocenters. The van der Waals surface area contributed by atoms with Crippen LogP contribution >= 0.6 is 0 Å². The monoisotopic (exact) mass is 448 g/mol. The van der Waals surface area contributed by atoms with Gasteiger partial charge >= 0.3 is 0 Å². The van der Waals surface area contributed by atoms with Gasteiger partial charge in [-0.15, -0.1) is 0 Å². The number of fused-ring (bicyclic) bond motifs is 1. The Bertz CT molecular complexity index is 1090. The van der Waals surface area contributed by atoms with Crippen molar-refractivity contribution in [2.45, 2.75) is 71.9 Å². The number of nitrogens with zero attached hydrogens (tertiary/aromatic N) is 3. The predicted octanol–water partition coefficient (Wildman–Crippen LogP) is 5.00. The molecule has 1 N–H and O–H groups in total. The molecule has 2 aromatic carbocycles. The third-order valence-corrected chi connectivity index (χ3v) is 6.31. The number of amides is 1. The molecule has 1 fully saturated rings. The number of carbonyl (C=O) groups excluding carboxylic acids is 1. The van der Waals surface area contributed by atoms with Crippen molar-refractivity contribution in [2.75, 3.05) is 13.1 Å². The molecule has 1 atom stereocenters. The fourth-order valence-electron chi connectivity index (χ4n) is 4.71. The topological polar surface area (TPSA) is 59.4 Å².